The predicted molar refractivity (Wildman–Crippen MR) is 106 cm³/mol. The molecule has 1 fully saturated rings. The van der Waals surface area contributed by atoms with Gasteiger partial charge in [0, 0.05) is 31.6 Å². The van der Waals surface area contributed by atoms with Gasteiger partial charge in [-0.1, -0.05) is 18.2 Å². The van der Waals surface area contributed by atoms with Crippen molar-refractivity contribution in [3.63, 3.8) is 0 Å². The molecule has 1 saturated heterocycles. The number of hydrogen-bond donors (Lipinski definition) is 1. The summed E-state index contributed by atoms with van der Waals surface area (Å²) >= 11 is 0. The smallest absolute Gasteiger partial charge is 0.380 e. The molecule has 3 rings (SSSR count). The van der Waals surface area contributed by atoms with Gasteiger partial charge in [-0.3, -0.25) is 4.72 Å². The van der Waals surface area contributed by atoms with Gasteiger partial charge in [-0.05, 0) is 48.7 Å². The molecule has 0 amide bonds. The number of ether oxygens (including phenoxy) is 1. The molecule has 0 aliphatic carbocycles. The molecule has 2 aromatic carbocycles. The molecule has 0 aromatic heterocycles. The van der Waals surface area contributed by atoms with Gasteiger partial charge in [0.15, 0.2) is 0 Å². The molecule has 1 N–H and O–H groups in total. The molecule has 0 unspecified atom stereocenters. The Balaban J connectivity index is 1.66. The summed E-state index contributed by atoms with van der Waals surface area (Å²) in [4.78, 5) is 2.18. The third kappa shape index (κ3) is 5.86. The van der Waals surface area contributed by atoms with E-state index >= 15 is 0 Å². The molecule has 1 aliphatic rings. The number of benzene rings is 2. The van der Waals surface area contributed by atoms with Gasteiger partial charge in [0.25, 0.3) is 0 Å². The Morgan fingerprint density at radius 1 is 1.17 bits per heavy atom. The van der Waals surface area contributed by atoms with Crippen LogP contribution in [-0.2, 0) is 26.7 Å². The van der Waals surface area contributed by atoms with E-state index < -0.39 is 27.5 Å². The van der Waals surface area contributed by atoms with E-state index in [-0.39, 0.29) is 11.7 Å². The minimum atomic E-state index is -4.51. The lowest BCUT2D eigenvalue weighted by Crippen LogP contribution is -2.39. The zero-order valence-electron chi connectivity index (χ0n) is 15.9. The van der Waals surface area contributed by atoms with Crippen LogP contribution in [0.25, 0.3) is 0 Å². The van der Waals surface area contributed by atoms with Crippen molar-refractivity contribution in [1.82, 2.24) is 0 Å². The Morgan fingerprint density at radius 2 is 1.90 bits per heavy atom. The number of methoxy groups -OCH3 is 1. The minimum absolute atomic E-state index is 0.0721. The summed E-state index contributed by atoms with van der Waals surface area (Å²) in [7, 11) is -2.16. The number of hydrogen-bond acceptors (Lipinski definition) is 4. The monoisotopic (exact) mass is 428 g/mol. The number of alkyl halides is 3. The second-order valence-corrected chi connectivity index (χ2v) is 8.77. The summed E-state index contributed by atoms with van der Waals surface area (Å²) < 4.78 is 71.0. The van der Waals surface area contributed by atoms with E-state index in [1.807, 2.05) is 12.1 Å². The van der Waals surface area contributed by atoms with Crippen LogP contribution in [0, 0.1) is 0 Å². The summed E-state index contributed by atoms with van der Waals surface area (Å²) in [5, 5.41) is 0. The molecule has 29 heavy (non-hydrogen) atoms. The Morgan fingerprint density at radius 3 is 2.55 bits per heavy atom. The van der Waals surface area contributed by atoms with Gasteiger partial charge >= 0.3 is 6.18 Å². The molecule has 0 saturated carbocycles. The molecule has 1 aliphatic heterocycles. The summed E-state index contributed by atoms with van der Waals surface area (Å²) in [6.45, 7) is 1.68. The molecule has 0 spiro atoms. The third-order valence-corrected chi connectivity index (χ3v) is 6.09. The predicted octanol–water partition coefficient (Wildman–Crippen LogP) is 4.26. The van der Waals surface area contributed by atoms with Gasteiger partial charge in [0.05, 0.1) is 17.4 Å². The van der Waals surface area contributed by atoms with Crippen LogP contribution in [-0.4, -0.2) is 34.7 Å². The van der Waals surface area contributed by atoms with Crippen molar-refractivity contribution >= 4 is 21.4 Å². The van der Waals surface area contributed by atoms with E-state index in [0.29, 0.717) is 5.69 Å². The second kappa shape index (κ2) is 8.62. The Bertz CT molecular complexity index is 931. The highest BCUT2D eigenvalue weighted by atomic mass is 32.2. The van der Waals surface area contributed by atoms with Crippen LogP contribution in [0.15, 0.2) is 48.5 Å². The van der Waals surface area contributed by atoms with Crippen molar-refractivity contribution in [1.29, 1.82) is 0 Å². The lowest BCUT2D eigenvalue weighted by molar-refractivity contribution is -0.137. The van der Waals surface area contributed by atoms with Crippen LogP contribution < -0.4 is 9.62 Å². The number of rotatable bonds is 6. The molecule has 5 nitrogen and oxygen atoms in total. The first-order valence-corrected chi connectivity index (χ1v) is 10.9. The number of nitrogens with zero attached hydrogens (tertiary/aromatic N) is 1. The summed E-state index contributed by atoms with van der Waals surface area (Å²) in [5.41, 5.74) is 0.530. The molecule has 9 heteroatoms. The highest BCUT2D eigenvalue weighted by Crippen LogP contribution is 2.30. The average Bonchev–Trinajstić information content (AvgIpc) is 2.67. The first-order chi connectivity index (χ1) is 13.7. The average molecular weight is 428 g/mol. The number of piperidine rings is 1. The Labute approximate surface area is 168 Å². The summed E-state index contributed by atoms with van der Waals surface area (Å²) in [6, 6.07) is 11.3. The van der Waals surface area contributed by atoms with Crippen LogP contribution >= 0.6 is 0 Å². The largest absolute Gasteiger partial charge is 0.416 e. The van der Waals surface area contributed by atoms with Gasteiger partial charge in [0.1, 0.15) is 0 Å². The fraction of sp³-hybridized carbons (Fsp3) is 0.400. The zero-order chi connectivity index (χ0) is 21.1. The SMILES string of the molecule is CO[C@H]1CCCN(c2ccc(NS(=O)(=O)Cc3cccc(C(F)(F)F)c3)cc2)C1. The zero-order valence-corrected chi connectivity index (χ0v) is 16.8. The normalized spacial score (nSPS) is 17.9. The van der Waals surface area contributed by atoms with Crippen LogP contribution in [0.5, 0.6) is 0 Å². The summed E-state index contributed by atoms with van der Waals surface area (Å²) in [6.07, 6.45) is -2.31. The van der Waals surface area contributed by atoms with E-state index in [1.165, 1.54) is 12.1 Å². The fourth-order valence-electron chi connectivity index (χ4n) is 3.38. The van der Waals surface area contributed by atoms with Gasteiger partial charge in [0.2, 0.25) is 10.0 Å². The van der Waals surface area contributed by atoms with Crippen molar-refractivity contribution < 1.29 is 26.3 Å². The third-order valence-electron chi connectivity index (χ3n) is 4.83. The van der Waals surface area contributed by atoms with Crippen LogP contribution in [0.2, 0.25) is 0 Å². The van der Waals surface area contributed by atoms with E-state index in [9.17, 15) is 21.6 Å². The lowest BCUT2D eigenvalue weighted by Gasteiger charge is -2.33. The van der Waals surface area contributed by atoms with E-state index in [4.69, 9.17) is 4.74 Å². The maximum Gasteiger partial charge on any atom is 0.416 e. The minimum Gasteiger partial charge on any atom is -0.380 e. The molecule has 0 radical (unpaired) electrons. The molecule has 1 heterocycles. The van der Waals surface area contributed by atoms with Crippen LogP contribution in [0.1, 0.15) is 24.0 Å². The highest BCUT2D eigenvalue weighted by molar-refractivity contribution is 7.91. The van der Waals surface area contributed by atoms with Crippen molar-refractivity contribution in [2.24, 2.45) is 0 Å². The topological polar surface area (TPSA) is 58.6 Å². The highest BCUT2D eigenvalue weighted by Gasteiger charge is 2.30. The lowest BCUT2D eigenvalue weighted by atomic mass is 10.1. The van der Waals surface area contributed by atoms with Crippen molar-refractivity contribution in [2.45, 2.75) is 30.9 Å². The van der Waals surface area contributed by atoms with Crippen LogP contribution in [0.3, 0.4) is 0 Å². The molecule has 1 atom stereocenters. The second-order valence-electron chi connectivity index (χ2n) is 7.05. The maximum atomic E-state index is 12.8. The van der Waals surface area contributed by atoms with Crippen LogP contribution in [0.4, 0.5) is 24.5 Å². The van der Waals surface area contributed by atoms with Crippen molar-refractivity contribution in [2.75, 3.05) is 29.8 Å². The van der Waals surface area contributed by atoms with Gasteiger partial charge in [-0.25, -0.2) is 8.42 Å². The number of sulfonamides is 1. The fourth-order valence-corrected chi connectivity index (χ4v) is 4.56. The molecule has 158 valence electrons. The van der Waals surface area contributed by atoms with Gasteiger partial charge in [-0.2, -0.15) is 13.2 Å². The standard InChI is InChI=1S/C20H23F3N2O3S/c1-28-19-6-3-11-25(13-19)18-9-7-17(8-10-18)24-29(26,27)14-15-4-2-5-16(12-15)20(21,22)23/h2,4-5,7-10,12,19,24H,3,6,11,13-14H2,1H3/t19-/m0/s1. The van der Waals surface area contributed by atoms with E-state index in [1.54, 1.807) is 19.2 Å². The molecular formula is C20H23F3N2O3S. The molecule has 2 aromatic rings. The van der Waals surface area contributed by atoms with Gasteiger partial charge in [-0.15, -0.1) is 0 Å². The number of anilines is 2. The van der Waals surface area contributed by atoms with Crippen molar-refractivity contribution in [3.8, 4) is 0 Å². The Hall–Kier alpha value is -2.26. The maximum absolute atomic E-state index is 12.8. The van der Waals surface area contributed by atoms with Crippen molar-refractivity contribution in [3.05, 3.63) is 59.7 Å². The summed E-state index contributed by atoms with van der Waals surface area (Å²) in [5.74, 6) is -0.541. The first-order valence-electron chi connectivity index (χ1n) is 9.21. The molecular weight excluding hydrogens is 405 g/mol. The number of nitrogens with one attached hydrogen (secondary N) is 1. The van der Waals surface area contributed by atoms with E-state index in [0.717, 1.165) is 43.8 Å². The number of halogens is 3. The van der Waals surface area contributed by atoms with Gasteiger partial charge < -0.3 is 9.64 Å². The Kier molecular flexibility index (Phi) is 6.38. The van der Waals surface area contributed by atoms with E-state index in [2.05, 4.69) is 9.62 Å². The quantitative estimate of drug-likeness (QED) is 0.747. The first kappa shape index (κ1) is 21.4. The molecule has 0 bridgehead atoms.